The SMILES string of the molecule is CC(C)CNC(=O)C(=O)NNC(=O)[C@@H](C)Oc1ccc(Cl)cc1Cl. The van der Waals surface area contributed by atoms with Crippen LogP contribution in [-0.2, 0) is 14.4 Å². The zero-order valence-electron chi connectivity index (χ0n) is 13.5. The van der Waals surface area contributed by atoms with Crippen LogP contribution in [-0.4, -0.2) is 30.4 Å². The number of hydrazine groups is 1. The van der Waals surface area contributed by atoms with E-state index < -0.39 is 23.8 Å². The van der Waals surface area contributed by atoms with Crippen molar-refractivity contribution in [3.8, 4) is 5.75 Å². The first kappa shape index (κ1) is 20.1. The van der Waals surface area contributed by atoms with Crippen LogP contribution in [0.5, 0.6) is 5.75 Å². The first-order chi connectivity index (χ1) is 11.2. The molecule has 1 atom stereocenters. The van der Waals surface area contributed by atoms with Crippen molar-refractivity contribution in [1.82, 2.24) is 16.2 Å². The predicted molar refractivity (Wildman–Crippen MR) is 90.7 cm³/mol. The summed E-state index contributed by atoms with van der Waals surface area (Å²) < 4.78 is 5.38. The van der Waals surface area contributed by atoms with Crippen molar-refractivity contribution in [1.29, 1.82) is 0 Å². The van der Waals surface area contributed by atoms with E-state index in [0.29, 0.717) is 11.6 Å². The molecule has 0 saturated carbocycles. The average Bonchev–Trinajstić information content (AvgIpc) is 2.52. The fourth-order valence-corrected chi connectivity index (χ4v) is 1.92. The number of nitrogens with one attached hydrogen (secondary N) is 3. The topological polar surface area (TPSA) is 96.5 Å². The summed E-state index contributed by atoms with van der Waals surface area (Å²) in [4.78, 5) is 34.8. The van der Waals surface area contributed by atoms with Gasteiger partial charge in [-0.05, 0) is 31.0 Å². The van der Waals surface area contributed by atoms with Crippen molar-refractivity contribution in [3.63, 3.8) is 0 Å². The minimum Gasteiger partial charge on any atom is -0.479 e. The van der Waals surface area contributed by atoms with Crippen LogP contribution in [0, 0.1) is 5.92 Å². The van der Waals surface area contributed by atoms with Gasteiger partial charge in [0.1, 0.15) is 5.75 Å². The van der Waals surface area contributed by atoms with E-state index in [2.05, 4.69) is 10.7 Å². The second-order valence-corrected chi connectivity index (χ2v) is 6.23. The van der Waals surface area contributed by atoms with Crippen molar-refractivity contribution in [3.05, 3.63) is 28.2 Å². The second kappa shape index (κ2) is 9.34. The Labute approximate surface area is 150 Å². The third kappa shape index (κ3) is 6.64. The number of rotatable bonds is 5. The molecule has 3 amide bonds. The molecular weight excluding hydrogens is 357 g/mol. The van der Waals surface area contributed by atoms with Crippen molar-refractivity contribution in [2.24, 2.45) is 5.92 Å². The maximum Gasteiger partial charge on any atom is 0.327 e. The van der Waals surface area contributed by atoms with E-state index >= 15 is 0 Å². The van der Waals surface area contributed by atoms with Gasteiger partial charge in [0.15, 0.2) is 6.10 Å². The number of hydrogen-bond donors (Lipinski definition) is 3. The highest BCUT2D eigenvalue weighted by Gasteiger charge is 2.19. The first-order valence-electron chi connectivity index (χ1n) is 7.20. The minimum atomic E-state index is -0.972. The van der Waals surface area contributed by atoms with Crippen LogP contribution < -0.4 is 20.9 Å². The molecule has 0 fully saturated rings. The van der Waals surface area contributed by atoms with Gasteiger partial charge >= 0.3 is 11.8 Å². The molecule has 0 aliphatic carbocycles. The summed E-state index contributed by atoms with van der Waals surface area (Å²) in [6.45, 7) is 5.60. The number of carbonyl (C=O) groups excluding carboxylic acids is 3. The minimum absolute atomic E-state index is 0.203. The lowest BCUT2D eigenvalue weighted by Gasteiger charge is -2.16. The third-order valence-corrected chi connectivity index (χ3v) is 3.27. The van der Waals surface area contributed by atoms with Crippen molar-refractivity contribution in [2.75, 3.05) is 6.54 Å². The van der Waals surface area contributed by atoms with Crippen molar-refractivity contribution < 1.29 is 19.1 Å². The summed E-state index contributed by atoms with van der Waals surface area (Å²) in [7, 11) is 0. The van der Waals surface area contributed by atoms with E-state index in [1.807, 2.05) is 19.3 Å². The molecule has 3 N–H and O–H groups in total. The van der Waals surface area contributed by atoms with Crippen LogP contribution in [0.25, 0.3) is 0 Å². The van der Waals surface area contributed by atoms with Crippen LogP contribution in [0.1, 0.15) is 20.8 Å². The average molecular weight is 376 g/mol. The third-order valence-electron chi connectivity index (χ3n) is 2.74. The molecule has 0 aliphatic rings. The van der Waals surface area contributed by atoms with Gasteiger partial charge in [-0.25, -0.2) is 0 Å². The molecule has 0 saturated heterocycles. The van der Waals surface area contributed by atoms with Crippen LogP contribution in [0.4, 0.5) is 0 Å². The quantitative estimate of drug-likeness (QED) is 0.538. The van der Waals surface area contributed by atoms with E-state index in [1.165, 1.54) is 19.1 Å². The smallest absolute Gasteiger partial charge is 0.327 e. The predicted octanol–water partition coefficient (Wildman–Crippen LogP) is 1.68. The molecule has 1 aromatic rings. The molecule has 0 unspecified atom stereocenters. The van der Waals surface area contributed by atoms with Gasteiger partial charge in [0.2, 0.25) is 0 Å². The van der Waals surface area contributed by atoms with Gasteiger partial charge in [0, 0.05) is 11.6 Å². The molecule has 0 bridgehead atoms. The molecule has 0 heterocycles. The molecule has 0 spiro atoms. The summed E-state index contributed by atoms with van der Waals surface area (Å²) in [6, 6.07) is 4.56. The van der Waals surface area contributed by atoms with Gasteiger partial charge in [-0.1, -0.05) is 37.0 Å². The highest BCUT2D eigenvalue weighted by Crippen LogP contribution is 2.28. The molecule has 1 rings (SSSR count). The Bertz CT molecular complexity index is 623. The normalized spacial score (nSPS) is 11.6. The lowest BCUT2D eigenvalue weighted by molar-refractivity contribution is -0.141. The molecule has 1 aromatic carbocycles. The second-order valence-electron chi connectivity index (χ2n) is 5.38. The summed E-state index contributed by atoms with van der Waals surface area (Å²) in [5.74, 6) is -1.98. The standard InChI is InChI=1S/C15H19Cl2N3O4/c1-8(2)7-18-14(22)15(23)20-19-13(21)9(3)24-12-5-4-10(16)6-11(12)17/h4-6,8-9H,7H2,1-3H3,(H,18,22)(H,19,21)(H,20,23)/t9-/m1/s1. The Morgan fingerprint density at radius 1 is 1.08 bits per heavy atom. The molecule has 0 radical (unpaired) electrons. The van der Waals surface area contributed by atoms with Crippen molar-refractivity contribution in [2.45, 2.75) is 26.9 Å². The number of ether oxygens (including phenoxy) is 1. The van der Waals surface area contributed by atoms with E-state index in [9.17, 15) is 14.4 Å². The summed E-state index contributed by atoms with van der Waals surface area (Å²) >= 11 is 11.7. The number of carbonyl (C=O) groups is 3. The molecule has 0 aromatic heterocycles. The molecule has 0 aliphatic heterocycles. The number of amides is 3. The fraction of sp³-hybridized carbons (Fsp3) is 0.400. The number of benzene rings is 1. The Morgan fingerprint density at radius 2 is 1.75 bits per heavy atom. The lowest BCUT2D eigenvalue weighted by atomic mass is 10.2. The Morgan fingerprint density at radius 3 is 2.33 bits per heavy atom. The molecule has 7 nitrogen and oxygen atoms in total. The largest absolute Gasteiger partial charge is 0.479 e. The lowest BCUT2D eigenvalue weighted by Crippen LogP contribution is -2.51. The number of halogens is 2. The Kier molecular flexibility index (Phi) is 7.81. The zero-order valence-corrected chi connectivity index (χ0v) is 15.0. The van der Waals surface area contributed by atoms with Gasteiger partial charge in [-0.15, -0.1) is 0 Å². The van der Waals surface area contributed by atoms with E-state index in [4.69, 9.17) is 27.9 Å². The molecule has 9 heteroatoms. The first-order valence-corrected chi connectivity index (χ1v) is 7.96. The van der Waals surface area contributed by atoms with E-state index in [-0.39, 0.29) is 16.7 Å². The van der Waals surface area contributed by atoms with Gasteiger partial charge in [-0.3, -0.25) is 25.2 Å². The zero-order chi connectivity index (χ0) is 18.3. The maximum absolute atomic E-state index is 11.9. The van der Waals surface area contributed by atoms with Crippen LogP contribution in [0.2, 0.25) is 10.0 Å². The maximum atomic E-state index is 11.9. The summed E-state index contributed by atoms with van der Waals surface area (Å²) in [5.41, 5.74) is 4.12. The van der Waals surface area contributed by atoms with Crippen LogP contribution in [0.3, 0.4) is 0 Å². The number of hydrogen-bond acceptors (Lipinski definition) is 4. The monoisotopic (exact) mass is 375 g/mol. The van der Waals surface area contributed by atoms with E-state index in [1.54, 1.807) is 6.07 Å². The van der Waals surface area contributed by atoms with Crippen LogP contribution in [0.15, 0.2) is 18.2 Å². The summed E-state index contributed by atoms with van der Waals surface area (Å²) in [6.07, 6.45) is -0.956. The van der Waals surface area contributed by atoms with Crippen LogP contribution >= 0.6 is 23.2 Å². The highest BCUT2D eigenvalue weighted by molar-refractivity contribution is 6.35. The van der Waals surface area contributed by atoms with Gasteiger partial charge in [0.05, 0.1) is 5.02 Å². The molecular formula is C15H19Cl2N3O4. The van der Waals surface area contributed by atoms with E-state index in [0.717, 1.165) is 0 Å². The molecule has 24 heavy (non-hydrogen) atoms. The highest BCUT2D eigenvalue weighted by atomic mass is 35.5. The van der Waals surface area contributed by atoms with Gasteiger partial charge < -0.3 is 10.1 Å². The van der Waals surface area contributed by atoms with Gasteiger partial charge in [0.25, 0.3) is 5.91 Å². The Hall–Kier alpha value is -1.99. The summed E-state index contributed by atoms with van der Waals surface area (Å²) in [5, 5.41) is 3.11. The fourth-order valence-electron chi connectivity index (χ4n) is 1.47. The molecule has 132 valence electrons. The van der Waals surface area contributed by atoms with Crippen molar-refractivity contribution >= 4 is 40.9 Å². The van der Waals surface area contributed by atoms with Gasteiger partial charge in [-0.2, -0.15) is 0 Å². The Balaban J connectivity index is 2.46.